The van der Waals surface area contributed by atoms with Crippen molar-refractivity contribution in [3.05, 3.63) is 0 Å². The molecule has 1 rings (SSSR count). The molecule has 0 radical (unpaired) electrons. The molecule has 1 unspecified atom stereocenters. The number of nitrogens with zero attached hydrogens (tertiary/aromatic N) is 1. The highest BCUT2D eigenvalue weighted by Gasteiger charge is 2.15. The molecule has 0 saturated carbocycles. The van der Waals surface area contributed by atoms with Crippen LogP contribution in [0.5, 0.6) is 0 Å². The molecule has 84 valence electrons. The van der Waals surface area contributed by atoms with Gasteiger partial charge < -0.3 is 10.2 Å². The van der Waals surface area contributed by atoms with Crippen molar-refractivity contribution in [3.63, 3.8) is 0 Å². The molecule has 0 amide bonds. The van der Waals surface area contributed by atoms with Crippen molar-refractivity contribution in [2.45, 2.75) is 46.1 Å². The molecule has 0 aliphatic carbocycles. The Morgan fingerprint density at radius 3 is 2.14 bits per heavy atom. The molecule has 1 heterocycles. The topological polar surface area (TPSA) is 15.3 Å². The van der Waals surface area contributed by atoms with Gasteiger partial charge in [-0.25, -0.2) is 0 Å². The number of nitrogens with one attached hydrogen (secondary N) is 1. The van der Waals surface area contributed by atoms with Gasteiger partial charge in [-0.15, -0.1) is 0 Å². The summed E-state index contributed by atoms with van der Waals surface area (Å²) in [7, 11) is 0. The molecule has 1 saturated heterocycles. The maximum atomic E-state index is 3.46. The predicted octanol–water partition coefficient (Wildman–Crippen LogP) is 2.11. The summed E-state index contributed by atoms with van der Waals surface area (Å²) in [6.45, 7) is 12.0. The smallest absolute Gasteiger partial charge is 0.00693 e. The zero-order valence-corrected chi connectivity index (χ0v) is 10.1. The lowest BCUT2D eigenvalue weighted by Gasteiger charge is -2.31. The van der Waals surface area contributed by atoms with Crippen molar-refractivity contribution in [1.82, 2.24) is 10.2 Å². The van der Waals surface area contributed by atoms with E-state index in [9.17, 15) is 0 Å². The lowest BCUT2D eigenvalue weighted by molar-refractivity contribution is 0.174. The number of rotatable bonds is 3. The second kappa shape index (κ2) is 6.41. The minimum atomic E-state index is 0.771. The number of hydrogen-bond acceptors (Lipinski definition) is 2. The van der Waals surface area contributed by atoms with Crippen LogP contribution < -0.4 is 5.32 Å². The van der Waals surface area contributed by atoms with E-state index in [0.717, 1.165) is 12.0 Å². The van der Waals surface area contributed by atoms with Crippen LogP contribution in [0, 0.1) is 5.92 Å². The second-order valence-corrected chi connectivity index (χ2v) is 4.97. The normalized spacial score (nSPS) is 23.1. The van der Waals surface area contributed by atoms with Gasteiger partial charge in [0.15, 0.2) is 0 Å². The van der Waals surface area contributed by atoms with Gasteiger partial charge >= 0.3 is 0 Å². The molecule has 1 aliphatic heterocycles. The van der Waals surface area contributed by atoms with Gasteiger partial charge in [0, 0.05) is 6.04 Å². The van der Waals surface area contributed by atoms with Crippen LogP contribution in [0.15, 0.2) is 0 Å². The Morgan fingerprint density at radius 1 is 1.07 bits per heavy atom. The summed E-state index contributed by atoms with van der Waals surface area (Å²) in [4.78, 5) is 2.67. The van der Waals surface area contributed by atoms with Gasteiger partial charge in [-0.3, -0.25) is 0 Å². The van der Waals surface area contributed by atoms with E-state index in [1.54, 1.807) is 0 Å². The van der Waals surface area contributed by atoms with Crippen molar-refractivity contribution in [2.75, 3.05) is 26.2 Å². The van der Waals surface area contributed by atoms with Crippen LogP contribution in [0.3, 0.4) is 0 Å². The van der Waals surface area contributed by atoms with E-state index in [1.165, 1.54) is 45.4 Å². The van der Waals surface area contributed by atoms with Gasteiger partial charge in [0.25, 0.3) is 0 Å². The fourth-order valence-corrected chi connectivity index (χ4v) is 2.32. The average Bonchev–Trinajstić information content (AvgIpc) is 2.00. The minimum absolute atomic E-state index is 0.771. The molecule has 1 fully saturated rings. The Morgan fingerprint density at radius 2 is 1.64 bits per heavy atom. The monoisotopic (exact) mass is 198 g/mol. The van der Waals surface area contributed by atoms with E-state index in [4.69, 9.17) is 0 Å². The molecular formula is C12H26N2. The maximum Gasteiger partial charge on any atom is 0.00693 e. The zero-order valence-electron chi connectivity index (χ0n) is 10.1. The summed E-state index contributed by atoms with van der Waals surface area (Å²) in [6, 6.07) is 0.771. The van der Waals surface area contributed by atoms with Crippen molar-refractivity contribution >= 4 is 0 Å². The molecule has 1 atom stereocenters. The van der Waals surface area contributed by atoms with Gasteiger partial charge in [-0.2, -0.15) is 0 Å². The maximum absolute atomic E-state index is 3.46. The summed E-state index contributed by atoms with van der Waals surface area (Å²) in [5, 5.41) is 3.46. The average molecular weight is 198 g/mol. The molecule has 1 aliphatic rings. The fraction of sp³-hybridized carbons (Fsp3) is 1.00. The summed E-state index contributed by atoms with van der Waals surface area (Å²) in [5.41, 5.74) is 0. The van der Waals surface area contributed by atoms with E-state index in [0.29, 0.717) is 0 Å². The highest BCUT2D eigenvalue weighted by atomic mass is 15.2. The van der Waals surface area contributed by atoms with E-state index in [1.807, 2.05) is 0 Å². The quantitative estimate of drug-likeness (QED) is 0.747. The van der Waals surface area contributed by atoms with Crippen LogP contribution in [0.25, 0.3) is 0 Å². The molecule has 0 spiro atoms. The SMILES string of the molecule is CC(C)CC(C)N1CCCNCCC1. The van der Waals surface area contributed by atoms with Crippen LogP contribution in [-0.2, 0) is 0 Å². The Bertz CT molecular complexity index is 137. The molecule has 0 aromatic rings. The third-order valence-electron chi connectivity index (χ3n) is 3.03. The van der Waals surface area contributed by atoms with Crippen molar-refractivity contribution in [1.29, 1.82) is 0 Å². The first-order valence-corrected chi connectivity index (χ1v) is 6.15. The first-order chi connectivity index (χ1) is 6.70. The lowest BCUT2D eigenvalue weighted by atomic mass is 10.0. The molecule has 14 heavy (non-hydrogen) atoms. The van der Waals surface area contributed by atoms with Crippen LogP contribution in [0.2, 0.25) is 0 Å². The van der Waals surface area contributed by atoms with E-state index >= 15 is 0 Å². The Kier molecular flexibility index (Phi) is 5.49. The van der Waals surface area contributed by atoms with Gasteiger partial charge in [-0.05, 0) is 58.3 Å². The Labute approximate surface area is 89.1 Å². The largest absolute Gasteiger partial charge is 0.317 e. The van der Waals surface area contributed by atoms with E-state index in [2.05, 4.69) is 31.0 Å². The number of hydrogen-bond donors (Lipinski definition) is 1. The molecule has 1 N–H and O–H groups in total. The summed E-state index contributed by atoms with van der Waals surface area (Å²) in [6.07, 6.45) is 3.96. The highest BCUT2D eigenvalue weighted by molar-refractivity contribution is 4.71. The molecule has 2 nitrogen and oxygen atoms in total. The molecular weight excluding hydrogens is 172 g/mol. The van der Waals surface area contributed by atoms with Gasteiger partial charge in [0.1, 0.15) is 0 Å². The van der Waals surface area contributed by atoms with Gasteiger partial charge in [0.05, 0.1) is 0 Å². The first kappa shape index (κ1) is 12.0. The van der Waals surface area contributed by atoms with Crippen molar-refractivity contribution in [3.8, 4) is 0 Å². The molecule has 0 bridgehead atoms. The van der Waals surface area contributed by atoms with Crippen LogP contribution in [0.4, 0.5) is 0 Å². The third-order valence-corrected chi connectivity index (χ3v) is 3.03. The van der Waals surface area contributed by atoms with Crippen molar-refractivity contribution in [2.24, 2.45) is 5.92 Å². The Balaban J connectivity index is 2.31. The van der Waals surface area contributed by atoms with Crippen LogP contribution in [-0.4, -0.2) is 37.1 Å². The lowest BCUT2D eigenvalue weighted by Crippen LogP contribution is -2.39. The summed E-state index contributed by atoms with van der Waals surface area (Å²) < 4.78 is 0. The van der Waals surface area contributed by atoms with Gasteiger partial charge in [0.2, 0.25) is 0 Å². The summed E-state index contributed by atoms with van der Waals surface area (Å²) in [5.74, 6) is 0.827. The highest BCUT2D eigenvalue weighted by Crippen LogP contribution is 2.12. The predicted molar refractivity (Wildman–Crippen MR) is 62.6 cm³/mol. The first-order valence-electron chi connectivity index (χ1n) is 6.15. The molecule has 0 aromatic carbocycles. The zero-order chi connectivity index (χ0) is 10.4. The van der Waals surface area contributed by atoms with Crippen molar-refractivity contribution < 1.29 is 0 Å². The fourth-order valence-electron chi connectivity index (χ4n) is 2.32. The second-order valence-electron chi connectivity index (χ2n) is 4.97. The summed E-state index contributed by atoms with van der Waals surface area (Å²) >= 11 is 0. The van der Waals surface area contributed by atoms with Gasteiger partial charge in [-0.1, -0.05) is 13.8 Å². The Hall–Kier alpha value is -0.0800. The van der Waals surface area contributed by atoms with Crippen LogP contribution in [0.1, 0.15) is 40.0 Å². The van der Waals surface area contributed by atoms with E-state index in [-0.39, 0.29) is 0 Å². The standard InChI is InChI=1S/C12H26N2/c1-11(2)10-12(3)14-8-4-6-13-7-5-9-14/h11-13H,4-10H2,1-3H3. The van der Waals surface area contributed by atoms with Crippen LogP contribution >= 0.6 is 0 Å². The molecule has 0 aromatic heterocycles. The third kappa shape index (κ3) is 4.43. The molecule has 2 heteroatoms. The van der Waals surface area contributed by atoms with E-state index < -0.39 is 0 Å². The minimum Gasteiger partial charge on any atom is -0.317 e.